The molecule has 1 fully saturated rings. The molecule has 0 N–H and O–H groups in total. The molecular formula is C15H16BrNO2S. The summed E-state index contributed by atoms with van der Waals surface area (Å²) in [5, 5.41) is 0.962. The van der Waals surface area contributed by atoms with E-state index in [-0.39, 0.29) is 16.8 Å². The normalized spacial score (nSPS) is 31.2. The summed E-state index contributed by atoms with van der Waals surface area (Å²) in [5.74, 6) is 0.355. The molecule has 0 amide bonds. The van der Waals surface area contributed by atoms with Gasteiger partial charge in [-0.15, -0.1) is 0 Å². The Morgan fingerprint density at radius 1 is 1.50 bits per heavy atom. The van der Waals surface area contributed by atoms with Gasteiger partial charge in [0.25, 0.3) is 0 Å². The molecule has 2 aliphatic rings. The zero-order chi connectivity index (χ0) is 14.3. The summed E-state index contributed by atoms with van der Waals surface area (Å²) in [6.07, 6.45) is 2.14. The van der Waals surface area contributed by atoms with Crippen LogP contribution < -0.4 is 0 Å². The second-order valence-corrected chi connectivity index (χ2v) is 7.50. The summed E-state index contributed by atoms with van der Waals surface area (Å²) >= 11 is 5.19. The number of benzene rings is 1. The van der Waals surface area contributed by atoms with Gasteiger partial charge < -0.3 is 4.74 Å². The topological polar surface area (TPSA) is 38.7 Å². The highest BCUT2D eigenvalue weighted by molar-refractivity contribution is 9.10. The Morgan fingerprint density at radius 2 is 2.20 bits per heavy atom. The van der Waals surface area contributed by atoms with Crippen LogP contribution in [0, 0.1) is 5.92 Å². The number of halogens is 1. The molecule has 20 heavy (non-hydrogen) atoms. The maximum absolute atomic E-state index is 12.0. The van der Waals surface area contributed by atoms with Gasteiger partial charge in [-0.3, -0.25) is 4.99 Å². The fourth-order valence-corrected chi connectivity index (χ4v) is 4.77. The highest BCUT2D eigenvalue weighted by Crippen LogP contribution is 2.63. The number of hydrogen-bond donors (Lipinski definition) is 0. The van der Waals surface area contributed by atoms with Crippen molar-refractivity contribution in [1.82, 2.24) is 0 Å². The van der Waals surface area contributed by atoms with Gasteiger partial charge in [-0.25, -0.2) is 4.79 Å². The van der Waals surface area contributed by atoms with E-state index >= 15 is 0 Å². The maximum atomic E-state index is 12.0. The van der Waals surface area contributed by atoms with Crippen LogP contribution in [0.15, 0.2) is 33.7 Å². The molecule has 106 valence electrons. The summed E-state index contributed by atoms with van der Waals surface area (Å²) in [5.41, 5.74) is 1.07. The van der Waals surface area contributed by atoms with E-state index in [0.717, 1.165) is 27.9 Å². The predicted octanol–water partition coefficient (Wildman–Crippen LogP) is 3.65. The van der Waals surface area contributed by atoms with Crippen molar-refractivity contribution in [1.29, 1.82) is 0 Å². The Kier molecular flexibility index (Phi) is 3.67. The minimum atomic E-state index is -0.346. The number of esters is 1. The van der Waals surface area contributed by atoms with Crippen molar-refractivity contribution >= 4 is 38.7 Å². The van der Waals surface area contributed by atoms with Gasteiger partial charge in [-0.1, -0.05) is 53.2 Å². The maximum Gasteiger partial charge on any atom is 0.332 e. The second kappa shape index (κ2) is 5.19. The minimum absolute atomic E-state index is 0.0513. The standard InChI is InChI=1S/C15H16BrNO2S/c1-3-10-8-15(10)12(14(18)19-2)17-13(20-15)9-4-6-11(16)7-5-9/h4-7,10,12H,3,8H2,1-2H3. The molecule has 1 saturated carbocycles. The van der Waals surface area contributed by atoms with Crippen LogP contribution in [0.2, 0.25) is 0 Å². The van der Waals surface area contributed by atoms with E-state index in [9.17, 15) is 4.79 Å². The Bertz CT molecular complexity index is 572. The molecule has 1 heterocycles. The second-order valence-electron chi connectivity index (χ2n) is 5.23. The summed E-state index contributed by atoms with van der Waals surface area (Å²) in [4.78, 5) is 16.7. The Balaban J connectivity index is 1.91. The molecule has 1 aliphatic carbocycles. The van der Waals surface area contributed by atoms with Crippen LogP contribution in [-0.2, 0) is 9.53 Å². The predicted molar refractivity (Wildman–Crippen MR) is 85.2 cm³/mol. The van der Waals surface area contributed by atoms with Gasteiger partial charge in [0.2, 0.25) is 0 Å². The van der Waals surface area contributed by atoms with E-state index in [0.29, 0.717) is 5.92 Å². The lowest BCUT2D eigenvalue weighted by Gasteiger charge is -2.14. The first-order chi connectivity index (χ1) is 9.60. The first-order valence-corrected chi connectivity index (χ1v) is 8.32. The van der Waals surface area contributed by atoms with Crippen molar-refractivity contribution in [3.63, 3.8) is 0 Å². The van der Waals surface area contributed by atoms with Gasteiger partial charge in [-0.2, -0.15) is 0 Å². The number of aliphatic imine (C=N–C) groups is 1. The fourth-order valence-electron chi connectivity index (χ4n) is 2.85. The monoisotopic (exact) mass is 353 g/mol. The molecule has 3 rings (SSSR count). The minimum Gasteiger partial charge on any atom is -0.467 e. The molecule has 1 aromatic carbocycles. The first kappa shape index (κ1) is 14.1. The molecule has 1 aliphatic heterocycles. The lowest BCUT2D eigenvalue weighted by atomic mass is 10.1. The van der Waals surface area contributed by atoms with E-state index in [1.54, 1.807) is 11.8 Å². The lowest BCUT2D eigenvalue weighted by Crippen LogP contribution is -2.31. The van der Waals surface area contributed by atoms with Crippen LogP contribution >= 0.6 is 27.7 Å². The SMILES string of the molecule is CCC1CC12SC(c1ccc(Br)cc1)=NC2C(=O)OC. The number of ether oxygens (including phenoxy) is 1. The number of thioether (sulfide) groups is 1. The molecule has 0 saturated heterocycles. The molecule has 3 nitrogen and oxygen atoms in total. The zero-order valence-electron chi connectivity index (χ0n) is 11.4. The van der Waals surface area contributed by atoms with Gasteiger partial charge in [-0.05, 0) is 24.5 Å². The van der Waals surface area contributed by atoms with Gasteiger partial charge in [0, 0.05) is 10.0 Å². The molecule has 0 aromatic heterocycles. The van der Waals surface area contributed by atoms with Crippen molar-refractivity contribution < 1.29 is 9.53 Å². The number of rotatable bonds is 3. The van der Waals surface area contributed by atoms with Crippen molar-refractivity contribution in [3.05, 3.63) is 34.3 Å². The van der Waals surface area contributed by atoms with Gasteiger partial charge in [0.05, 0.1) is 16.9 Å². The summed E-state index contributed by atoms with van der Waals surface area (Å²) in [7, 11) is 1.44. The molecule has 1 aromatic rings. The molecule has 1 spiro atoms. The van der Waals surface area contributed by atoms with Crippen molar-refractivity contribution in [2.24, 2.45) is 10.9 Å². The smallest absolute Gasteiger partial charge is 0.332 e. The van der Waals surface area contributed by atoms with Crippen LogP contribution in [0.3, 0.4) is 0 Å². The number of hydrogen-bond acceptors (Lipinski definition) is 4. The van der Waals surface area contributed by atoms with Crippen molar-refractivity contribution in [2.75, 3.05) is 7.11 Å². The van der Waals surface area contributed by atoms with Crippen molar-refractivity contribution in [3.8, 4) is 0 Å². The van der Waals surface area contributed by atoms with Gasteiger partial charge in [0.15, 0.2) is 6.04 Å². The third kappa shape index (κ3) is 2.21. The number of carbonyl (C=O) groups is 1. The number of carbonyl (C=O) groups excluding carboxylic acids is 1. The summed E-state index contributed by atoms with van der Waals surface area (Å²) in [6.45, 7) is 2.17. The molecular weight excluding hydrogens is 338 g/mol. The third-order valence-electron chi connectivity index (χ3n) is 4.10. The van der Waals surface area contributed by atoms with E-state index in [1.165, 1.54) is 7.11 Å². The molecule has 3 unspecified atom stereocenters. The zero-order valence-corrected chi connectivity index (χ0v) is 13.8. The average Bonchev–Trinajstić information content (AvgIpc) is 3.03. The third-order valence-corrected chi connectivity index (χ3v) is 6.27. The number of nitrogens with zero attached hydrogens (tertiary/aromatic N) is 1. The quantitative estimate of drug-likeness (QED) is 0.778. The lowest BCUT2D eigenvalue weighted by molar-refractivity contribution is -0.142. The largest absolute Gasteiger partial charge is 0.467 e. The van der Waals surface area contributed by atoms with Crippen LogP contribution in [0.25, 0.3) is 0 Å². The Labute approximate surface area is 131 Å². The first-order valence-electron chi connectivity index (χ1n) is 6.71. The Morgan fingerprint density at radius 3 is 2.75 bits per heavy atom. The van der Waals surface area contributed by atoms with Crippen LogP contribution in [0.5, 0.6) is 0 Å². The fraction of sp³-hybridized carbons (Fsp3) is 0.467. The van der Waals surface area contributed by atoms with Gasteiger partial charge >= 0.3 is 5.97 Å². The van der Waals surface area contributed by atoms with E-state index in [4.69, 9.17) is 4.74 Å². The molecule has 5 heteroatoms. The van der Waals surface area contributed by atoms with Crippen LogP contribution in [0.4, 0.5) is 0 Å². The summed E-state index contributed by atoms with van der Waals surface area (Å²) in [6, 6.07) is 7.72. The van der Waals surface area contributed by atoms with E-state index in [1.807, 2.05) is 24.3 Å². The highest BCUT2D eigenvalue weighted by Gasteiger charge is 2.65. The van der Waals surface area contributed by atoms with Crippen molar-refractivity contribution in [2.45, 2.75) is 30.6 Å². The molecule has 3 atom stereocenters. The molecule has 0 radical (unpaired) electrons. The number of methoxy groups -OCH3 is 1. The van der Waals surface area contributed by atoms with Crippen LogP contribution in [-0.4, -0.2) is 28.9 Å². The van der Waals surface area contributed by atoms with Gasteiger partial charge in [0.1, 0.15) is 0 Å². The highest BCUT2D eigenvalue weighted by atomic mass is 79.9. The van der Waals surface area contributed by atoms with Crippen LogP contribution in [0.1, 0.15) is 25.3 Å². The average molecular weight is 354 g/mol. The van der Waals surface area contributed by atoms with E-state index < -0.39 is 0 Å². The molecule has 0 bridgehead atoms. The summed E-state index contributed by atoms with van der Waals surface area (Å²) < 4.78 is 5.93. The van der Waals surface area contributed by atoms with E-state index in [2.05, 4.69) is 27.8 Å². The Hall–Kier alpha value is -0.810.